The number of hydrogen-bond acceptors (Lipinski definition) is 8. The zero-order valence-electron chi connectivity index (χ0n) is 19.8. The highest BCUT2D eigenvalue weighted by atomic mass is 35.5. The SMILES string of the molecule is CCS(=O)(=O)c1cc2sc(NC(=O)c3ccc(-c4ncc(C[C@@H](O)[C@H](C)O)cc4Cl)cc3)nc2cc1F. The van der Waals surface area contributed by atoms with Crippen LogP contribution in [-0.2, 0) is 16.3 Å². The van der Waals surface area contributed by atoms with Gasteiger partial charge in [-0.25, -0.2) is 17.8 Å². The van der Waals surface area contributed by atoms with E-state index in [2.05, 4.69) is 15.3 Å². The molecule has 194 valence electrons. The average molecular weight is 564 g/mol. The summed E-state index contributed by atoms with van der Waals surface area (Å²) >= 11 is 7.42. The number of anilines is 1. The van der Waals surface area contributed by atoms with Crippen molar-refractivity contribution in [3.05, 3.63) is 70.6 Å². The number of rotatable bonds is 8. The third-order valence-corrected chi connectivity index (χ3v) is 8.66. The van der Waals surface area contributed by atoms with Gasteiger partial charge in [0.2, 0.25) is 0 Å². The maximum absolute atomic E-state index is 14.3. The Labute approximate surface area is 221 Å². The predicted octanol–water partition coefficient (Wildman–Crippen LogP) is 4.48. The summed E-state index contributed by atoms with van der Waals surface area (Å²) in [4.78, 5) is 20.9. The number of aliphatic hydroxyl groups is 2. The molecule has 12 heteroatoms. The zero-order chi connectivity index (χ0) is 26.9. The van der Waals surface area contributed by atoms with Crippen LogP contribution in [0.4, 0.5) is 9.52 Å². The second-order valence-electron chi connectivity index (χ2n) is 8.39. The van der Waals surface area contributed by atoms with Gasteiger partial charge in [-0.2, -0.15) is 0 Å². The molecule has 1 amide bonds. The molecule has 0 fully saturated rings. The third-order valence-electron chi connectivity index (χ3n) is 5.70. The Hall–Kier alpha value is -2.96. The first kappa shape index (κ1) is 27.1. The summed E-state index contributed by atoms with van der Waals surface area (Å²) in [6, 6.07) is 10.5. The summed E-state index contributed by atoms with van der Waals surface area (Å²) in [5.74, 6) is -1.56. The highest BCUT2D eigenvalue weighted by Gasteiger charge is 2.20. The second-order valence-corrected chi connectivity index (χ2v) is 12.1. The van der Waals surface area contributed by atoms with Crippen LogP contribution >= 0.6 is 22.9 Å². The van der Waals surface area contributed by atoms with E-state index >= 15 is 0 Å². The highest BCUT2D eigenvalue weighted by molar-refractivity contribution is 7.91. The standard InChI is InChI=1S/C25H23ClFN3O5S2/c1-3-37(34,35)22-11-21-19(10-18(22)27)29-25(36-21)30-24(33)16-6-4-15(5-7-16)23-17(26)8-14(12-28-23)9-20(32)13(2)31/h4-8,10-13,20,31-32H,3,9H2,1-2H3,(H,29,30,33)/t13-,20+/m0/s1. The maximum atomic E-state index is 14.3. The van der Waals surface area contributed by atoms with Gasteiger partial charge in [0, 0.05) is 29.8 Å². The van der Waals surface area contributed by atoms with E-state index in [-0.39, 0.29) is 27.7 Å². The summed E-state index contributed by atoms with van der Waals surface area (Å²) < 4.78 is 39.0. The van der Waals surface area contributed by atoms with Gasteiger partial charge in [-0.05, 0) is 36.8 Å². The van der Waals surface area contributed by atoms with Gasteiger partial charge in [0.05, 0.1) is 38.9 Å². The Morgan fingerprint density at radius 1 is 1.19 bits per heavy atom. The molecule has 0 aliphatic heterocycles. The van der Waals surface area contributed by atoms with Crippen molar-refractivity contribution < 1.29 is 27.8 Å². The van der Waals surface area contributed by atoms with E-state index in [4.69, 9.17) is 11.6 Å². The molecule has 2 atom stereocenters. The number of halogens is 2. The lowest BCUT2D eigenvalue weighted by Crippen LogP contribution is -2.24. The van der Waals surface area contributed by atoms with Crippen LogP contribution in [0.3, 0.4) is 0 Å². The fraction of sp³-hybridized carbons (Fsp3) is 0.240. The van der Waals surface area contributed by atoms with Gasteiger partial charge in [0.15, 0.2) is 15.0 Å². The summed E-state index contributed by atoms with van der Waals surface area (Å²) in [6.07, 6.45) is -0.0310. The molecule has 0 aliphatic carbocycles. The van der Waals surface area contributed by atoms with E-state index in [0.717, 1.165) is 17.4 Å². The number of aromatic nitrogens is 2. The molecule has 2 aromatic carbocycles. The minimum Gasteiger partial charge on any atom is -0.391 e. The zero-order valence-corrected chi connectivity index (χ0v) is 22.2. The molecule has 0 aliphatic rings. The van der Waals surface area contributed by atoms with Crippen LogP contribution in [0.15, 0.2) is 53.6 Å². The quantitative estimate of drug-likeness (QED) is 0.288. The molecule has 4 aromatic rings. The van der Waals surface area contributed by atoms with Crippen LogP contribution in [0.25, 0.3) is 21.5 Å². The van der Waals surface area contributed by atoms with Crippen LogP contribution < -0.4 is 5.32 Å². The van der Waals surface area contributed by atoms with Gasteiger partial charge in [-0.1, -0.05) is 42.0 Å². The van der Waals surface area contributed by atoms with Crippen LogP contribution in [0.2, 0.25) is 5.02 Å². The smallest absolute Gasteiger partial charge is 0.257 e. The normalized spacial score (nSPS) is 13.5. The van der Waals surface area contributed by atoms with Gasteiger partial charge in [-0.3, -0.25) is 15.1 Å². The molecule has 2 heterocycles. The van der Waals surface area contributed by atoms with Crippen molar-refractivity contribution in [2.45, 2.75) is 37.4 Å². The molecule has 3 N–H and O–H groups in total. The van der Waals surface area contributed by atoms with E-state index < -0.39 is 33.8 Å². The Kier molecular flexibility index (Phi) is 7.91. The van der Waals surface area contributed by atoms with Crippen molar-refractivity contribution in [1.29, 1.82) is 0 Å². The first-order valence-corrected chi connectivity index (χ1v) is 14.1. The summed E-state index contributed by atoms with van der Waals surface area (Å²) in [6.45, 7) is 2.94. The number of carbonyl (C=O) groups is 1. The van der Waals surface area contributed by atoms with Gasteiger partial charge in [0.1, 0.15) is 10.7 Å². The number of hydrogen-bond donors (Lipinski definition) is 3. The van der Waals surface area contributed by atoms with Crippen molar-refractivity contribution in [2.75, 3.05) is 11.1 Å². The van der Waals surface area contributed by atoms with Crippen LogP contribution in [0.5, 0.6) is 0 Å². The molecular weight excluding hydrogens is 541 g/mol. The fourth-order valence-electron chi connectivity index (χ4n) is 3.54. The molecule has 8 nitrogen and oxygen atoms in total. The Balaban J connectivity index is 1.50. The largest absolute Gasteiger partial charge is 0.391 e. The van der Waals surface area contributed by atoms with E-state index in [1.54, 1.807) is 36.5 Å². The lowest BCUT2D eigenvalue weighted by molar-refractivity contribution is 0.0319. The minimum atomic E-state index is -3.74. The Bertz CT molecular complexity index is 1570. The van der Waals surface area contributed by atoms with Crippen molar-refractivity contribution in [1.82, 2.24) is 9.97 Å². The number of carbonyl (C=O) groups excluding carboxylic acids is 1. The van der Waals surface area contributed by atoms with Crippen molar-refractivity contribution in [3.8, 4) is 11.3 Å². The molecule has 0 saturated heterocycles. The summed E-state index contributed by atoms with van der Waals surface area (Å²) in [5, 5.41) is 22.5. The van der Waals surface area contributed by atoms with E-state index in [1.165, 1.54) is 19.9 Å². The number of benzene rings is 2. The molecule has 0 unspecified atom stereocenters. The lowest BCUT2D eigenvalue weighted by Gasteiger charge is -2.14. The van der Waals surface area contributed by atoms with Gasteiger partial charge in [-0.15, -0.1) is 0 Å². The molecule has 37 heavy (non-hydrogen) atoms. The van der Waals surface area contributed by atoms with Crippen LogP contribution in [0, 0.1) is 5.82 Å². The number of nitrogens with zero attached hydrogens (tertiary/aromatic N) is 2. The van der Waals surface area contributed by atoms with Crippen molar-refractivity contribution in [3.63, 3.8) is 0 Å². The molecule has 0 bridgehead atoms. The van der Waals surface area contributed by atoms with E-state index in [0.29, 0.717) is 32.1 Å². The summed E-state index contributed by atoms with van der Waals surface area (Å²) in [5.41, 5.74) is 2.41. The number of fused-ring (bicyclic) bond motifs is 1. The lowest BCUT2D eigenvalue weighted by atomic mass is 10.0. The molecule has 0 radical (unpaired) electrons. The Morgan fingerprint density at radius 3 is 2.51 bits per heavy atom. The predicted molar refractivity (Wildman–Crippen MR) is 141 cm³/mol. The minimum absolute atomic E-state index is 0.203. The van der Waals surface area contributed by atoms with Crippen LogP contribution in [-0.4, -0.2) is 52.5 Å². The number of aliphatic hydroxyl groups excluding tert-OH is 2. The van der Waals surface area contributed by atoms with Crippen molar-refractivity contribution >= 4 is 54.0 Å². The van der Waals surface area contributed by atoms with Crippen LogP contribution in [0.1, 0.15) is 29.8 Å². The maximum Gasteiger partial charge on any atom is 0.257 e. The Morgan fingerprint density at radius 2 is 1.89 bits per heavy atom. The molecule has 0 saturated carbocycles. The molecule has 2 aromatic heterocycles. The highest BCUT2D eigenvalue weighted by Crippen LogP contribution is 2.31. The van der Waals surface area contributed by atoms with Gasteiger partial charge in [0.25, 0.3) is 5.91 Å². The number of pyridine rings is 1. The second kappa shape index (κ2) is 10.8. The number of sulfone groups is 1. The molecule has 0 spiro atoms. The number of thiazole rings is 1. The number of nitrogens with one attached hydrogen (secondary N) is 1. The fourth-order valence-corrected chi connectivity index (χ4v) is 5.76. The monoisotopic (exact) mass is 563 g/mol. The average Bonchev–Trinajstić information content (AvgIpc) is 3.24. The van der Waals surface area contributed by atoms with Gasteiger partial charge < -0.3 is 10.2 Å². The molecular formula is C25H23ClFN3O5S2. The molecule has 4 rings (SSSR count). The topological polar surface area (TPSA) is 129 Å². The van der Waals surface area contributed by atoms with E-state index in [9.17, 15) is 27.8 Å². The summed E-state index contributed by atoms with van der Waals surface area (Å²) in [7, 11) is -3.74. The first-order valence-electron chi connectivity index (χ1n) is 11.2. The van der Waals surface area contributed by atoms with E-state index in [1.807, 2.05) is 0 Å². The van der Waals surface area contributed by atoms with Gasteiger partial charge >= 0.3 is 0 Å². The van der Waals surface area contributed by atoms with Crippen molar-refractivity contribution in [2.24, 2.45) is 0 Å². The number of amides is 1. The first-order chi connectivity index (χ1) is 17.5. The third kappa shape index (κ3) is 5.97.